The average Bonchev–Trinajstić information content (AvgIpc) is 2.74. The third-order valence-corrected chi connectivity index (χ3v) is 5.11. The van der Waals surface area contributed by atoms with Crippen molar-refractivity contribution in [2.45, 2.75) is 32.9 Å². The van der Waals surface area contributed by atoms with Crippen molar-refractivity contribution >= 4 is 29.3 Å². The number of carbonyl (C=O) groups is 2. The Kier molecular flexibility index (Phi) is 10.2. The Morgan fingerprint density at radius 2 is 1.84 bits per heavy atom. The molecule has 0 bridgehead atoms. The maximum Gasteiger partial charge on any atom is 0.320 e. The summed E-state index contributed by atoms with van der Waals surface area (Å²) in [6.45, 7) is 4.52. The highest BCUT2D eigenvalue weighted by atomic mass is 32.2. The van der Waals surface area contributed by atoms with Gasteiger partial charge in [0.25, 0.3) is 5.91 Å². The maximum absolute atomic E-state index is 12.2. The van der Waals surface area contributed by atoms with Gasteiger partial charge in [0.15, 0.2) is 18.1 Å². The van der Waals surface area contributed by atoms with E-state index in [-0.39, 0.29) is 12.5 Å². The Morgan fingerprint density at radius 3 is 2.48 bits per heavy atom. The number of hydrogen-bond donors (Lipinski definition) is 3. The van der Waals surface area contributed by atoms with Gasteiger partial charge < -0.3 is 25.2 Å². The Bertz CT molecular complexity index is 858. The van der Waals surface area contributed by atoms with Gasteiger partial charge in [0.05, 0.1) is 6.61 Å². The molecule has 1 unspecified atom stereocenters. The van der Waals surface area contributed by atoms with Gasteiger partial charge in [0.1, 0.15) is 6.04 Å². The van der Waals surface area contributed by atoms with Crippen LogP contribution in [0.5, 0.6) is 11.5 Å². The second-order valence-corrected chi connectivity index (χ2v) is 7.96. The number of rotatable bonds is 13. The van der Waals surface area contributed by atoms with Gasteiger partial charge in [-0.1, -0.05) is 23.8 Å². The van der Waals surface area contributed by atoms with E-state index in [0.29, 0.717) is 36.8 Å². The topological polar surface area (TPSA) is 96.9 Å². The van der Waals surface area contributed by atoms with Crippen molar-refractivity contribution in [2.75, 3.05) is 30.5 Å². The van der Waals surface area contributed by atoms with E-state index < -0.39 is 12.0 Å². The van der Waals surface area contributed by atoms with E-state index in [1.807, 2.05) is 50.4 Å². The molecule has 1 atom stereocenters. The average molecular weight is 447 g/mol. The summed E-state index contributed by atoms with van der Waals surface area (Å²) in [5.41, 5.74) is 2.69. The standard InChI is InChI=1S/C23H30N2O5S/c1-4-29-21-13-17(14-24-19(23(27)28)11-12-31-3)7-10-20(21)30-15-22(26)25-18-8-5-16(2)6-9-18/h5-10,13,19,24H,4,11-12,14-15H2,1-3H3,(H,25,26)(H,27,28). The van der Waals surface area contributed by atoms with E-state index in [9.17, 15) is 14.7 Å². The Balaban J connectivity index is 1.96. The Labute approximate surface area is 187 Å². The number of thioether (sulfide) groups is 1. The number of carboxylic acids is 1. The number of benzene rings is 2. The minimum atomic E-state index is -0.862. The van der Waals surface area contributed by atoms with Gasteiger partial charge in [-0.05, 0) is 62.1 Å². The summed E-state index contributed by atoms with van der Waals surface area (Å²) in [5.74, 6) is 0.613. The van der Waals surface area contributed by atoms with Crippen molar-refractivity contribution in [3.8, 4) is 11.5 Å². The molecule has 0 spiro atoms. The molecule has 0 aliphatic rings. The van der Waals surface area contributed by atoms with E-state index in [1.54, 1.807) is 23.9 Å². The van der Waals surface area contributed by atoms with E-state index in [2.05, 4.69) is 10.6 Å². The van der Waals surface area contributed by atoms with Crippen LogP contribution in [0, 0.1) is 6.92 Å². The van der Waals surface area contributed by atoms with E-state index in [4.69, 9.17) is 9.47 Å². The van der Waals surface area contributed by atoms with Crippen LogP contribution in [0.15, 0.2) is 42.5 Å². The maximum atomic E-state index is 12.2. The molecule has 0 fully saturated rings. The van der Waals surface area contributed by atoms with Gasteiger partial charge in [-0.25, -0.2) is 0 Å². The van der Waals surface area contributed by atoms with Crippen LogP contribution < -0.4 is 20.1 Å². The summed E-state index contributed by atoms with van der Waals surface area (Å²) in [6, 6.07) is 12.3. The quantitative estimate of drug-likeness (QED) is 0.432. The van der Waals surface area contributed by atoms with Crippen LogP contribution in [0.2, 0.25) is 0 Å². The molecule has 168 valence electrons. The highest BCUT2D eigenvalue weighted by Crippen LogP contribution is 2.28. The van der Waals surface area contributed by atoms with Gasteiger partial charge in [0.2, 0.25) is 0 Å². The predicted molar refractivity (Wildman–Crippen MR) is 124 cm³/mol. The molecule has 0 aliphatic heterocycles. The molecule has 0 radical (unpaired) electrons. The smallest absolute Gasteiger partial charge is 0.320 e. The highest BCUT2D eigenvalue weighted by molar-refractivity contribution is 7.98. The largest absolute Gasteiger partial charge is 0.490 e. The van der Waals surface area contributed by atoms with Crippen LogP contribution in [0.4, 0.5) is 5.69 Å². The van der Waals surface area contributed by atoms with Gasteiger partial charge in [0, 0.05) is 12.2 Å². The number of amides is 1. The molecule has 0 saturated heterocycles. The fraction of sp³-hybridized carbons (Fsp3) is 0.391. The van der Waals surface area contributed by atoms with Crippen LogP contribution in [-0.4, -0.2) is 48.2 Å². The zero-order chi connectivity index (χ0) is 22.6. The molecule has 31 heavy (non-hydrogen) atoms. The summed E-state index contributed by atoms with van der Waals surface area (Å²) in [7, 11) is 0. The summed E-state index contributed by atoms with van der Waals surface area (Å²) >= 11 is 1.62. The number of anilines is 1. The van der Waals surface area contributed by atoms with Crippen LogP contribution in [-0.2, 0) is 16.1 Å². The lowest BCUT2D eigenvalue weighted by Crippen LogP contribution is -2.36. The molecule has 2 rings (SSSR count). The number of carboxylic acid groups (broad SMARTS) is 1. The number of aryl methyl sites for hydroxylation is 1. The van der Waals surface area contributed by atoms with Crippen molar-refractivity contribution in [1.82, 2.24) is 5.32 Å². The van der Waals surface area contributed by atoms with Crippen LogP contribution in [0.3, 0.4) is 0 Å². The molecular weight excluding hydrogens is 416 g/mol. The number of ether oxygens (including phenoxy) is 2. The molecule has 0 heterocycles. The zero-order valence-corrected chi connectivity index (χ0v) is 19.0. The van der Waals surface area contributed by atoms with Gasteiger partial charge in [-0.15, -0.1) is 0 Å². The molecular formula is C23H30N2O5S. The summed E-state index contributed by atoms with van der Waals surface area (Å²) in [4.78, 5) is 23.6. The molecule has 1 amide bonds. The molecule has 7 nitrogen and oxygen atoms in total. The van der Waals surface area contributed by atoms with Crippen molar-refractivity contribution in [3.63, 3.8) is 0 Å². The first kappa shape index (κ1) is 24.6. The molecule has 0 aliphatic carbocycles. The Morgan fingerprint density at radius 1 is 1.10 bits per heavy atom. The lowest BCUT2D eigenvalue weighted by atomic mass is 10.1. The summed E-state index contributed by atoms with van der Waals surface area (Å²) in [5, 5.41) is 15.2. The number of nitrogens with one attached hydrogen (secondary N) is 2. The van der Waals surface area contributed by atoms with E-state index in [0.717, 1.165) is 16.9 Å². The molecule has 2 aromatic rings. The number of aliphatic carboxylic acids is 1. The van der Waals surface area contributed by atoms with Crippen molar-refractivity contribution in [3.05, 3.63) is 53.6 Å². The molecule has 8 heteroatoms. The van der Waals surface area contributed by atoms with E-state index in [1.165, 1.54) is 0 Å². The normalized spacial score (nSPS) is 11.6. The molecule has 0 aromatic heterocycles. The number of hydrogen-bond acceptors (Lipinski definition) is 6. The predicted octanol–water partition coefficient (Wildman–Crippen LogP) is 3.71. The Hall–Kier alpha value is -2.71. The van der Waals surface area contributed by atoms with Gasteiger partial charge in [-0.3, -0.25) is 9.59 Å². The second kappa shape index (κ2) is 12.9. The van der Waals surface area contributed by atoms with Gasteiger partial charge >= 0.3 is 5.97 Å². The van der Waals surface area contributed by atoms with Crippen molar-refractivity contribution in [1.29, 1.82) is 0 Å². The van der Waals surface area contributed by atoms with Crippen LogP contribution in [0.25, 0.3) is 0 Å². The molecule has 0 saturated carbocycles. The van der Waals surface area contributed by atoms with E-state index >= 15 is 0 Å². The molecule has 3 N–H and O–H groups in total. The fourth-order valence-corrected chi connectivity index (χ4v) is 3.29. The highest BCUT2D eigenvalue weighted by Gasteiger charge is 2.16. The lowest BCUT2D eigenvalue weighted by molar-refractivity contribution is -0.139. The number of carbonyl (C=O) groups excluding carboxylic acids is 1. The third kappa shape index (κ3) is 8.51. The molecule has 2 aromatic carbocycles. The van der Waals surface area contributed by atoms with Crippen molar-refractivity contribution < 1.29 is 24.2 Å². The monoisotopic (exact) mass is 446 g/mol. The first-order valence-electron chi connectivity index (χ1n) is 10.1. The van der Waals surface area contributed by atoms with Crippen molar-refractivity contribution in [2.24, 2.45) is 0 Å². The lowest BCUT2D eigenvalue weighted by Gasteiger charge is -2.16. The first-order chi connectivity index (χ1) is 14.9. The van der Waals surface area contributed by atoms with Crippen LogP contribution in [0.1, 0.15) is 24.5 Å². The second-order valence-electron chi connectivity index (χ2n) is 6.97. The SMILES string of the molecule is CCOc1cc(CNC(CCSC)C(=O)O)ccc1OCC(=O)Nc1ccc(C)cc1. The first-order valence-corrected chi connectivity index (χ1v) is 11.5. The minimum Gasteiger partial charge on any atom is -0.490 e. The minimum absolute atomic E-state index is 0.151. The summed E-state index contributed by atoms with van der Waals surface area (Å²) in [6.07, 6.45) is 2.50. The zero-order valence-electron chi connectivity index (χ0n) is 18.1. The van der Waals surface area contributed by atoms with Gasteiger partial charge in [-0.2, -0.15) is 11.8 Å². The summed E-state index contributed by atoms with van der Waals surface area (Å²) < 4.78 is 11.3. The third-order valence-electron chi connectivity index (χ3n) is 4.46. The van der Waals surface area contributed by atoms with Crippen LogP contribution >= 0.6 is 11.8 Å². The fourth-order valence-electron chi connectivity index (χ4n) is 2.82.